The van der Waals surface area contributed by atoms with Crippen molar-refractivity contribution in [3.8, 4) is 0 Å². The summed E-state index contributed by atoms with van der Waals surface area (Å²) < 4.78 is 0. The number of allylic oxidation sites excluding steroid dienone is 4. The van der Waals surface area contributed by atoms with Crippen molar-refractivity contribution in [1.82, 2.24) is 5.32 Å². The van der Waals surface area contributed by atoms with E-state index in [-0.39, 0.29) is 6.04 Å². The molecule has 0 fully saturated rings. The molecule has 0 saturated carbocycles. The van der Waals surface area contributed by atoms with Gasteiger partial charge in [-0.1, -0.05) is 61.6 Å². The van der Waals surface area contributed by atoms with E-state index in [1.807, 2.05) is 50.5 Å². The van der Waals surface area contributed by atoms with Crippen LogP contribution in [0.4, 0.5) is 0 Å². The summed E-state index contributed by atoms with van der Waals surface area (Å²) in [6, 6.07) is 10.4. The maximum atomic E-state index is 6.31. The fraction of sp³-hybridized carbons (Fsp3) is 0.300. The first-order valence-corrected chi connectivity index (χ1v) is 8.04. The van der Waals surface area contributed by atoms with Gasteiger partial charge in [0.1, 0.15) is 0 Å². The molecule has 0 bridgehead atoms. The Morgan fingerprint density at radius 3 is 2.52 bits per heavy atom. The highest BCUT2D eigenvalue weighted by atomic mass is 14.8. The SMILES string of the molecule is C=C(C)/C=C\C(=C/N/C=C(\N)CC)CC(N)Cc1ccccc1. The van der Waals surface area contributed by atoms with Crippen molar-refractivity contribution in [2.45, 2.75) is 39.2 Å². The zero-order valence-electron chi connectivity index (χ0n) is 14.3. The fourth-order valence-electron chi connectivity index (χ4n) is 2.07. The highest BCUT2D eigenvalue weighted by molar-refractivity contribution is 5.27. The number of hydrogen-bond donors (Lipinski definition) is 3. The molecule has 1 rings (SSSR count). The molecule has 5 N–H and O–H groups in total. The smallest absolute Gasteiger partial charge is 0.0240 e. The topological polar surface area (TPSA) is 64.1 Å². The van der Waals surface area contributed by atoms with E-state index in [0.717, 1.165) is 36.1 Å². The van der Waals surface area contributed by atoms with Gasteiger partial charge in [-0.05, 0) is 37.3 Å². The third-order valence-electron chi connectivity index (χ3n) is 3.37. The standard InChI is InChI=1S/C20H29N3/c1-4-19(21)15-23-14-18(11-10-16(2)3)13-20(22)12-17-8-6-5-7-9-17/h5-11,14-15,20,23H,2,4,12-13,21-22H2,1,3H3/b11-10-,18-14+,19-15-. The van der Waals surface area contributed by atoms with E-state index >= 15 is 0 Å². The molecule has 1 aromatic rings. The van der Waals surface area contributed by atoms with E-state index in [4.69, 9.17) is 11.5 Å². The molecule has 0 aromatic heterocycles. The summed E-state index contributed by atoms with van der Waals surface area (Å²) in [4.78, 5) is 0. The molecule has 0 spiro atoms. The summed E-state index contributed by atoms with van der Waals surface area (Å²) in [5.74, 6) is 0. The highest BCUT2D eigenvalue weighted by Crippen LogP contribution is 2.11. The van der Waals surface area contributed by atoms with Gasteiger partial charge in [0.05, 0.1) is 0 Å². The van der Waals surface area contributed by atoms with Crippen LogP contribution in [-0.4, -0.2) is 6.04 Å². The van der Waals surface area contributed by atoms with E-state index in [1.54, 1.807) is 0 Å². The van der Waals surface area contributed by atoms with E-state index in [2.05, 4.69) is 30.1 Å². The molecule has 124 valence electrons. The van der Waals surface area contributed by atoms with Crippen molar-refractivity contribution in [2.24, 2.45) is 11.5 Å². The maximum absolute atomic E-state index is 6.31. The largest absolute Gasteiger partial charge is 0.401 e. The summed E-state index contributed by atoms with van der Waals surface area (Å²) in [5, 5.41) is 3.14. The summed E-state index contributed by atoms with van der Waals surface area (Å²) in [5.41, 5.74) is 16.3. The minimum atomic E-state index is 0.0627. The quantitative estimate of drug-likeness (QED) is 0.608. The molecule has 0 radical (unpaired) electrons. The molecule has 1 unspecified atom stereocenters. The monoisotopic (exact) mass is 311 g/mol. The van der Waals surface area contributed by atoms with Crippen molar-refractivity contribution in [1.29, 1.82) is 0 Å². The van der Waals surface area contributed by atoms with Crippen LogP contribution in [0, 0.1) is 0 Å². The zero-order valence-corrected chi connectivity index (χ0v) is 14.3. The summed E-state index contributed by atoms with van der Waals surface area (Å²) in [6.07, 6.45) is 10.3. The summed E-state index contributed by atoms with van der Waals surface area (Å²) in [7, 11) is 0. The van der Waals surface area contributed by atoms with Crippen molar-refractivity contribution < 1.29 is 0 Å². The van der Waals surface area contributed by atoms with E-state index in [9.17, 15) is 0 Å². The predicted octanol–water partition coefficient (Wildman–Crippen LogP) is 3.76. The molecule has 1 aromatic carbocycles. The van der Waals surface area contributed by atoms with Gasteiger partial charge in [0.15, 0.2) is 0 Å². The molecule has 1 atom stereocenters. The van der Waals surface area contributed by atoms with Crippen molar-refractivity contribution in [3.05, 3.63) is 83.9 Å². The molecule has 23 heavy (non-hydrogen) atoms. The van der Waals surface area contributed by atoms with Gasteiger partial charge in [0.25, 0.3) is 0 Å². The molecule has 0 aliphatic heterocycles. The van der Waals surface area contributed by atoms with Crippen LogP contribution in [0.3, 0.4) is 0 Å². The minimum Gasteiger partial charge on any atom is -0.401 e. The van der Waals surface area contributed by atoms with Gasteiger partial charge in [-0.25, -0.2) is 0 Å². The van der Waals surface area contributed by atoms with E-state index in [1.165, 1.54) is 5.56 Å². The normalized spacial score (nSPS) is 14.0. The lowest BCUT2D eigenvalue weighted by atomic mass is 9.99. The van der Waals surface area contributed by atoms with Crippen LogP contribution in [-0.2, 0) is 6.42 Å². The van der Waals surface area contributed by atoms with E-state index < -0.39 is 0 Å². The van der Waals surface area contributed by atoms with Crippen molar-refractivity contribution in [3.63, 3.8) is 0 Å². The molecule has 3 heteroatoms. The van der Waals surface area contributed by atoms with Gasteiger partial charge in [-0.15, -0.1) is 0 Å². The summed E-state index contributed by atoms with van der Waals surface area (Å²) in [6.45, 7) is 7.89. The predicted molar refractivity (Wildman–Crippen MR) is 100 cm³/mol. The number of nitrogens with one attached hydrogen (secondary N) is 1. The highest BCUT2D eigenvalue weighted by Gasteiger charge is 2.06. The molecule has 0 aliphatic rings. The molecule has 0 heterocycles. The molecule has 0 aliphatic carbocycles. The zero-order chi connectivity index (χ0) is 17.1. The first-order valence-electron chi connectivity index (χ1n) is 8.04. The lowest BCUT2D eigenvalue weighted by molar-refractivity contribution is 0.665. The molecular weight excluding hydrogens is 282 g/mol. The summed E-state index contributed by atoms with van der Waals surface area (Å²) >= 11 is 0. The number of hydrogen-bond acceptors (Lipinski definition) is 3. The average molecular weight is 311 g/mol. The maximum Gasteiger partial charge on any atom is 0.0240 e. The second-order valence-corrected chi connectivity index (χ2v) is 5.79. The second kappa shape index (κ2) is 10.5. The first-order chi connectivity index (χ1) is 11.0. The van der Waals surface area contributed by atoms with Crippen LogP contribution >= 0.6 is 0 Å². The van der Waals surface area contributed by atoms with Gasteiger partial charge < -0.3 is 16.8 Å². The molecule has 0 saturated heterocycles. The minimum absolute atomic E-state index is 0.0627. The Labute approximate surface area is 140 Å². The average Bonchev–Trinajstić information content (AvgIpc) is 2.53. The van der Waals surface area contributed by atoms with Crippen LogP contribution in [0.5, 0.6) is 0 Å². The number of nitrogens with two attached hydrogens (primary N) is 2. The van der Waals surface area contributed by atoms with Gasteiger partial charge in [0.2, 0.25) is 0 Å². The van der Waals surface area contributed by atoms with Crippen LogP contribution in [0.15, 0.2) is 78.3 Å². The fourth-order valence-corrected chi connectivity index (χ4v) is 2.07. The number of rotatable bonds is 9. The third kappa shape index (κ3) is 8.69. The molecular formula is C20H29N3. The van der Waals surface area contributed by atoms with Crippen LogP contribution < -0.4 is 16.8 Å². The Bertz CT molecular complexity index is 568. The lowest BCUT2D eigenvalue weighted by Gasteiger charge is -2.13. The van der Waals surface area contributed by atoms with Gasteiger partial charge in [0, 0.05) is 24.1 Å². The van der Waals surface area contributed by atoms with E-state index in [0.29, 0.717) is 0 Å². The van der Waals surface area contributed by atoms with Crippen LogP contribution in [0.2, 0.25) is 0 Å². The Hall–Kier alpha value is -2.26. The third-order valence-corrected chi connectivity index (χ3v) is 3.37. The molecule has 0 amide bonds. The Kier molecular flexibility index (Phi) is 8.55. The Morgan fingerprint density at radius 2 is 1.91 bits per heavy atom. The van der Waals surface area contributed by atoms with Gasteiger partial charge in [-0.2, -0.15) is 0 Å². The molecule has 3 nitrogen and oxygen atoms in total. The first kappa shape index (κ1) is 18.8. The van der Waals surface area contributed by atoms with Gasteiger partial charge in [-0.3, -0.25) is 0 Å². The lowest BCUT2D eigenvalue weighted by Crippen LogP contribution is -2.23. The van der Waals surface area contributed by atoms with Crippen molar-refractivity contribution >= 4 is 0 Å². The van der Waals surface area contributed by atoms with Crippen molar-refractivity contribution in [2.75, 3.05) is 0 Å². The number of benzene rings is 1. The van der Waals surface area contributed by atoms with Gasteiger partial charge >= 0.3 is 0 Å². The van der Waals surface area contributed by atoms with Crippen LogP contribution in [0.25, 0.3) is 0 Å². The van der Waals surface area contributed by atoms with Crippen LogP contribution in [0.1, 0.15) is 32.3 Å². The second-order valence-electron chi connectivity index (χ2n) is 5.79. The Balaban J connectivity index is 2.71. The Morgan fingerprint density at radius 1 is 1.22 bits per heavy atom.